The molecule has 3 heteroatoms. The quantitative estimate of drug-likeness (QED) is 0.647. The van der Waals surface area contributed by atoms with E-state index >= 15 is 0 Å². The molecule has 0 amide bonds. The van der Waals surface area contributed by atoms with Gasteiger partial charge in [-0.2, -0.15) is 0 Å². The van der Waals surface area contributed by atoms with Gasteiger partial charge in [-0.15, -0.1) is 0 Å². The number of aliphatic hydroxyl groups is 1. The van der Waals surface area contributed by atoms with E-state index in [0.717, 1.165) is 19.5 Å². The first-order chi connectivity index (χ1) is 5.49. The van der Waals surface area contributed by atoms with Crippen molar-refractivity contribution in [2.45, 2.75) is 39.0 Å². The molecule has 0 aromatic carbocycles. The normalized spacial score (nSPS) is 25.5. The molecule has 0 unspecified atom stereocenters. The van der Waals surface area contributed by atoms with Crippen molar-refractivity contribution in [2.24, 2.45) is 11.7 Å². The van der Waals surface area contributed by atoms with E-state index in [9.17, 15) is 5.11 Å². The standard InChI is InChI=1S/C9H20N2O/c1-4-8(10)11-5-9(12,6-11)7(2)3/h7-8,12H,4-6,10H2,1-3H3/t8-/m0/s1. The molecule has 0 saturated carbocycles. The van der Waals surface area contributed by atoms with Crippen molar-refractivity contribution in [1.29, 1.82) is 0 Å². The van der Waals surface area contributed by atoms with Gasteiger partial charge in [0.05, 0.1) is 11.8 Å². The third-order valence-corrected chi connectivity index (χ3v) is 2.92. The summed E-state index contributed by atoms with van der Waals surface area (Å²) in [5, 5.41) is 9.90. The highest BCUT2D eigenvalue weighted by molar-refractivity contribution is 4.98. The molecule has 1 rings (SSSR count). The zero-order valence-electron chi connectivity index (χ0n) is 8.25. The van der Waals surface area contributed by atoms with Gasteiger partial charge in [0.15, 0.2) is 0 Å². The number of hydrogen-bond acceptors (Lipinski definition) is 3. The average Bonchev–Trinajstić information content (AvgIpc) is 1.96. The first kappa shape index (κ1) is 9.96. The highest BCUT2D eigenvalue weighted by atomic mass is 16.3. The molecule has 0 aliphatic carbocycles. The first-order valence-electron chi connectivity index (χ1n) is 4.71. The van der Waals surface area contributed by atoms with Gasteiger partial charge < -0.3 is 10.8 Å². The van der Waals surface area contributed by atoms with Crippen molar-refractivity contribution in [1.82, 2.24) is 4.90 Å². The minimum Gasteiger partial charge on any atom is -0.387 e. The molecule has 0 aromatic rings. The Balaban J connectivity index is 2.36. The lowest BCUT2D eigenvalue weighted by atomic mass is 9.82. The van der Waals surface area contributed by atoms with Crippen molar-refractivity contribution in [3.8, 4) is 0 Å². The lowest BCUT2D eigenvalue weighted by molar-refractivity contribution is -0.142. The fourth-order valence-corrected chi connectivity index (χ4v) is 1.51. The van der Waals surface area contributed by atoms with Crippen LogP contribution in [-0.4, -0.2) is 34.9 Å². The summed E-state index contributed by atoms with van der Waals surface area (Å²) in [5.41, 5.74) is 5.33. The number of likely N-dealkylation sites (tertiary alicyclic amines) is 1. The van der Waals surface area contributed by atoms with E-state index in [4.69, 9.17) is 5.73 Å². The minimum absolute atomic E-state index is 0.129. The number of nitrogens with zero attached hydrogens (tertiary/aromatic N) is 1. The SMILES string of the molecule is CC[C@@H](N)N1CC(O)(C(C)C)C1. The van der Waals surface area contributed by atoms with Crippen LogP contribution in [0.5, 0.6) is 0 Å². The van der Waals surface area contributed by atoms with Gasteiger partial charge in [0.2, 0.25) is 0 Å². The lowest BCUT2D eigenvalue weighted by Crippen LogP contribution is -2.68. The van der Waals surface area contributed by atoms with Crippen LogP contribution < -0.4 is 5.73 Å². The molecule has 1 atom stereocenters. The van der Waals surface area contributed by atoms with Crippen LogP contribution in [-0.2, 0) is 0 Å². The van der Waals surface area contributed by atoms with Crippen LogP contribution in [0.15, 0.2) is 0 Å². The van der Waals surface area contributed by atoms with Gasteiger partial charge in [-0.3, -0.25) is 4.90 Å². The summed E-state index contributed by atoms with van der Waals surface area (Å²) in [7, 11) is 0. The van der Waals surface area contributed by atoms with Crippen LogP contribution in [0.4, 0.5) is 0 Å². The van der Waals surface area contributed by atoms with Crippen LogP contribution in [0.25, 0.3) is 0 Å². The van der Waals surface area contributed by atoms with Crippen molar-refractivity contribution in [2.75, 3.05) is 13.1 Å². The van der Waals surface area contributed by atoms with E-state index in [1.54, 1.807) is 0 Å². The largest absolute Gasteiger partial charge is 0.387 e. The summed E-state index contributed by atoms with van der Waals surface area (Å²) in [4.78, 5) is 2.12. The van der Waals surface area contributed by atoms with Gasteiger partial charge in [-0.05, 0) is 12.3 Å². The van der Waals surface area contributed by atoms with Crippen LogP contribution in [0, 0.1) is 5.92 Å². The second-order valence-corrected chi connectivity index (χ2v) is 4.14. The lowest BCUT2D eigenvalue weighted by Gasteiger charge is -2.51. The zero-order valence-corrected chi connectivity index (χ0v) is 8.25. The van der Waals surface area contributed by atoms with Crippen molar-refractivity contribution < 1.29 is 5.11 Å². The maximum atomic E-state index is 9.90. The molecule has 0 aromatic heterocycles. The molecule has 1 heterocycles. The monoisotopic (exact) mass is 172 g/mol. The van der Waals surface area contributed by atoms with Crippen molar-refractivity contribution in [3.63, 3.8) is 0 Å². The third kappa shape index (κ3) is 1.63. The first-order valence-corrected chi connectivity index (χ1v) is 4.71. The van der Waals surface area contributed by atoms with Crippen LogP contribution in [0.2, 0.25) is 0 Å². The Morgan fingerprint density at radius 1 is 1.50 bits per heavy atom. The Labute approximate surface area is 74.5 Å². The molecular weight excluding hydrogens is 152 g/mol. The second-order valence-electron chi connectivity index (χ2n) is 4.14. The van der Waals surface area contributed by atoms with Gasteiger partial charge in [0.25, 0.3) is 0 Å². The molecule has 3 N–H and O–H groups in total. The summed E-state index contributed by atoms with van der Waals surface area (Å²) in [5.74, 6) is 0.331. The predicted octanol–water partition coefficient (Wildman–Crippen LogP) is 0.384. The third-order valence-electron chi connectivity index (χ3n) is 2.92. The molecule has 1 saturated heterocycles. The fraction of sp³-hybridized carbons (Fsp3) is 1.00. The maximum Gasteiger partial charge on any atom is 0.0923 e. The van der Waals surface area contributed by atoms with E-state index in [1.165, 1.54) is 0 Å². The summed E-state index contributed by atoms with van der Waals surface area (Å²) in [6.45, 7) is 7.64. The Bertz CT molecular complexity index is 153. The van der Waals surface area contributed by atoms with Gasteiger partial charge in [0.1, 0.15) is 0 Å². The van der Waals surface area contributed by atoms with Gasteiger partial charge in [-0.1, -0.05) is 20.8 Å². The smallest absolute Gasteiger partial charge is 0.0923 e. The van der Waals surface area contributed by atoms with Crippen molar-refractivity contribution >= 4 is 0 Å². The van der Waals surface area contributed by atoms with Gasteiger partial charge in [-0.25, -0.2) is 0 Å². The molecule has 72 valence electrons. The highest BCUT2D eigenvalue weighted by Crippen LogP contribution is 2.29. The molecule has 1 aliphatic heterocycles. The summed E-state index contributed by atoms with van der Waals surface area (Å²) >= 11 is 0. The topological polar surface area (TPSA) is 49.5 Å². The van der Waals surface area contributed by atoms with Gasteiger partial charge >= 0.3 is 0 Å². The minimum atomic E-state index is -0.479. The van der Waals surface area contributed by atoms with Crippen LogP contribution in [0.3, 0.4) is 0 Å². The molecule has 12 heavy (non-hydrogen) atoms. The Kier molecular flexibility index (Phi) is 2.76. The summed E-state index contributed by atoms with van der Waals surface area (Å²) in [6.07, 6.45) is 1.08. The summed E-state index contributed by atoms with van der Waals surface area (Å²) < 4.78 is 0. The number of β-amino-alcohol motifs (C(OH)–C–C–N with tert-alkyl or cyclic N) is 1. The second kappa shape index (κ2) is 3.32. The highest BCUT2D eigenvalue weighted by Gasteiger charge is 2.44. The number of nitrogens with two attached hydrogens (primary N) is 1. The van der Waals surface area contributed by atoms with Crippen LogP contribution in [0.1, 0.15) is 27.2 Å². The number of hydrogen-bond donors (Lipinski definition) is 2. The van der Waals surface area contributed by atoms with Crippen molar-refractivity contribution in [3.05, 3.63) is 0 Å². The summed E-state index contributed by atoms with van der Waals surface area (Å²) in [6, 6.07) is 0. The van der Waals surface area contributed by atoms with E-state index in [0.29, 0.717) is 5.92 Å². The molecular formula is C9H20N2O. The molecule has 0 bridgehead atoms. The zero-order chi connectivity index (χ0) is 9.35. The molecule has 1 fully saturated rings. The Morgan fingerprint density at radius 2 is 2.00 bits per heavy atom. The predicted molar refractivity (Wildman–Crippen MR) is 49.6 cm³/mol. The Morgan fingerprint density at radius 3 is 2.33 bits per heavy atom. The average molecular weight is 172 g/mol. The van der Waals surface area contributed by atoms with E-state index in [1.807, 2.05) is 0 Å². The molecule has 3 nitrogen and oxygen atoms in total. The van der Waals surface area contributed by atoms with E-state index in [-0.39, 0.29) is 6.17 Å². The molecule has 0 spiro atoms. The number of rotatable bonds is 3. The van der Waals surface area contributed by atoms with Gasteiger partial charge in [0, 0.05) is 13.1 Å². The maximum absolute atomic E-state index is 9.90. The van der Waals surface area contributed by atoms with Crippen LogP contribution >= 0.6 is 0 Å². The fourth-order valence-electron chi connectivity index (χ4n) is 1.51. The molecule has 0 radical (unpaired) electrons. The molecule has 1 aliphatic rings. The Hall–Kier alpha value is -0.120. The van der Waals surface area contributed by atoms with E-state index in [2.05, 4.69) is 25.7 Å². The van der Waals surface area contributed by atoms with E-state index < -0.39 is 5.60 Å².